The Bertz CT molecular complexity index is 288. The number of carbonyl (C=O) groups is 1. The van der Waals surface area contributed by atoms with Gasteiger partial charge >= 0.3 is 5.97 Å². The maximum absolute atomic E-state index is 10.2. The molecule has 0 saturated heterocycles. The van der Waals surface area contributed by atoms with Gasteiger partial charge in [-0.15, -0.1) is 0 Å². The molecule has 5 heteroatoms. The lowest BCUT2D eigenvalue weighted by Gasteiger charge is -2.01. The highest BCUT2D eigenvalue weighted by atomic mass is 16.4. The van der Waals surface area contributed by atoms with Crippen LogP contribution in [0.2, 0.25) is 0 Å². The molecule has 1 rings (SSSR count). The van der Waals surface area contributed by atoms with Gasteiger partial charge in [-0.05, 0) is 13.0 Å². The maximum atomic E-state index is 10.2. The van der Waals surface area contributed by atoms with Crippen molar-refractivity contribution in [2.24, 2.45) is 0 Å². The zero-order chi connectivity index (χ0) is 8.97. The van der Waals surface area contributed by atoms with Crippen molar-refractivity contribution in [3.05, 3.63) is 18.1 Å². The molecule has 1 aromatic rings. The van der Waals surface area contributed by atoms with Crippen molar-refractivity contribution in [3.63, 3.8) is 0 Å². The Kier molecular flexibility index (Phi) is 2.57. The number of carboxylic acids is 1. The lowest BCUT2D eigenvalue weighted by Crippen LogP contribution is -2.13. The van der Waals surface area contributed by atoms with Crippen LogP contribution in [0.4, 0.5) is 5.82 Å². The largest absolute Gasteiger partial charge is 0.480 e. The van der Waals surface area contributed by atoms with Crippen LogP contribution in [0, 0.1) is 6.92 Å². The lowest BCUT2D eigenvalue weighted by molar-refractivity contribution is -0.134. The average Bonchev–Trinajstić information content (AvgIpc) is 2.01. The molecule has 5 nitrogen and oxygen atoms in total. The van der Waals surface area contributed by atoms with Crippen molar-refractivity contribution in [3.8, 4) is 0 Å². The molecule has 0 bridgehead atoms. The summed E-state index contributed by atoms with van der Waals surface area (Å²) < 4.78 is 0. The quantitative estimate of drug-likeness (QED) is 0.676. The topological polar surface area (TPSA) is 75.1 Å². The monoisotopic (exact) mass is 167 g/mol. The number of anilines is 1. The van der Waals surface area contributed by atoms with Gasteiger partial charge in [0.1, 0.15) is 18.2 Å². The van der Waals surface area contributed by atoms with Crippen molar-refractivity contribution in [1.82, 2.24) is 9.97 Å². The first-order valence-electron chi connectivity index (χ1n) is 3.44. The van der Waals surface area contributed by atoms with Gasteiger partial charge in [0.25, 0.3) is 0 Å². The zero-order valence-electron chi connectivity index (χ0n) is 6.61. The number of aliphatic carboxylic acids is 1. The number of nitrogens with one attached hydrogen (secondary N) is 1. The van der Waals surface area contributed by atoms with Crippen LogP contribution in [-0.2, 0) is 4.79 Å². The molecule has 0 aromatic carbocycles. The minimum atomic E-state index is -0.911. The summed E-state index contributed by atoms with van der Waals surface area (Å²) in [5, 5.41) is 11.0. The highest BCUT2D eigenvalue weighted by molar-refractivity contribution is 5.72. The molecule has 0 unspecified atom stereocenters. The van der Waals surface area contributed by atoms with E-state index in [0.29, 0.717) is 11.6 Å². The molecule has 0 aliphatic heterocycles. The van der Waals surface area contributed by atoms with Crippen molar-refractivity contribution < 1.29 is 9.90 Å². The number of nitrogens with zero attached hydrogens (tertiary/aromatic N) is 2. The third-order valence-electron chi connectivity index (χ3n) is 1.20. The van der Waals surface area contributed by atoms with Crippen molar-refractivity contribution in [2.75, 3.05) is 11.9 Å². The van der Waals surface area contributed by atoms with Crippen LogP contribution in [0.1, 0.15) is 5.82 Å². The van der Waals surface area contributed by atoms with Gasteiger partial charge in [0, 0.05) is 6.20 Å². The van der Waals surface area contributed by atoms with Crippen molar-refractivity contribution >= 4 is 11.8 Å². The second-order valence-corrected chi connectivity index (χ2v) is 2.24. The van der Waals surface area contributed by atoms with Crippen LogP contribution in [0.3, 0.4) is 0 Å². The fourth-order valence-electron chi connectivity index (χ4n) is 0.721. The smallest absolute Gasteiger partial charge is 0.322 e. The summed E-state index contributed by atoms with van der Waals surface area (Å²) >= 11 is 0. The third kappa shape index (κ3) is 2.53. The van der Waals surface area contributed by atoms with Crippen LogP contribution < -0.4 is 5.32 Å². The van der Waals surface area contributed by atoms with Crippen molar-refractivity contribution in [2.45, 2.75) is 6.92 Å². The van der Waals surface area contributed by atoms with E-state index in [9.17, 15) is 4.79 Å². The molecule has 2 N–H and O–H groups in total. The fraction of sp³-hybridized carbons (Fsp3) is 0.286. The molecule has 0 aliphatic rings. The molecule has 0 spiro atoms. The fourth-order valence-corrected chi connectivity index (χ4v) is 0.721. The number of carboxylic acid groups (broad SMARTS) is 1. The summed E-state index contributed by atoms with van der Waals surface area (Å²) in [7, 11) is 0. The van der Waals surface area contributed by atoms with Crippen LogP contribution in [0.15, 0.2) is 12.3 Å². The van der Waals surface area contributed by atoms with E-state index in [2.05, 4.69) is 15.3 Å². The van der Waals surface area contributed by atoms with Crippen LogP contribution in [-0.4, -0.2) is 27.6 Å². The molecule has 0 aliphatic carbocycles. The van der Waals surface area contributed by atoms with E-state index in [0.717, 1.165) is 0 Å². The van der Waals surface area contributed by atoms with Gasteiger partial charge < -0.3 is 10.4 Å². The van der Waals surface area contributed by atoms with E-state index in [4.69, 9.17) is 5.11 Å². The lowest BCUT2D eigenvalue weighted by atomic mass is 10.5. The van der Waals surface area contributed by atoms with Gasteiger partial charge in [0.2, 0.25) is 0 Å². The molecule has 0 fully saturated rings. The minimum Gasteiger partial charge on any atom is -0.480 e. The SMILES string of the molecule is Cc1nccc(NCC(=O)O)n1. The van der Waals surface area contributed by atoms with E-state index in [1.165, 1.54) is 0 Å². The Labute approximate surface area is 69.5 Å². The summed E-state index contributed by atoms with van der Waals surface area (Å²) in [6, 6.07) is 1.62. The zero-order valence-corrected chi connectivity index (χ0v) is 6.61. The Morgan fingerprint density at radius 2 is 2.50 bits per heavy atom. The molecule has 64 valence electrons. The van der Waals surface area contributed by atoms with Gasteiger partial charge in [-0.1, -0.05) is 0 Å². The maximum Gasteiger partial charge on any atom is 0.322 e. The third-order valence-corrected chi connectivity index (χ3v) is 1.20. The van der Waals surface area contributed by atoms with E-state index in [1.807, 2.05) is 0 Å². The second kappa shape index (κ2) is 3.66. The van der Waals surface area contributed by atoms with E-state index in [1.54, 1.807) is 19.2 Å². The Morgan fingerprint density at radius 3 is 3.08 bits per heavy atom. The summed E-state index contributed by atoms with van der Waals surface area (Å²) in [5.41, 5.74) is 0. The summed E-state index contributed by atoms with van der Waals surface area (Å²) in [6.45, 7) is 1.61. The highest BCUT2D eigenvalue weighted by Crippen LogP contribution is 1.99. The normalized spacial score (nSPS) is 9.42. The number of aromatic nitrogens is 2. The molecular formula is C7H9N3O2. The molecule has 0 atom stereocenters. The van der Waals surface area contributed by atoms with Gasteiger partial charge in [-0.2, -0.15) is 0 Å². The number of hydrogen-bond donors (Lipinski definition) is 2. The number of hydrogen-bond acceptors (Lipinski definition) is 4. The Balaban J connectivity index is 2.57. The first kappa shape index (κ1) is 8.45. The second-order valence-electron chi connectivity index (χ2n) is 2.24. The number of aryl methyl sites for hydroxylation is 1. The predicted octanol–water partition coefficient (Wildman–Crippen LogP) is 0.282. The van der Waals surface area contributed by atoms with Crippen molar-refractivity contribution in [1.29, 1.82) is 0 Å². The molecule has 0 amide bonds. The van der Waals surface area contributed by atoms with Gasteiger partial charge in [0.15, 0.2) is 0 Å². The van der Waals surface area contributed by atoms with Gasteiger partial charge in [0.05, 0.1) is 0 Å². The average molecular weight is 167 g/mol. The molecule has 0 saturated carbocycles. The van der Waals surface area contributed by atoms with E-state index < -0.39 is 5.97 Å². The first-order valence-corrected chi connectivity index (χ1v) is 3.44. The van der Waals surface area contributed by atoms with E-state index in [-0.39, 0.29) is 6.54 Å². The summed E-state index contributed by atoms with van der Waals surface area (Å²) in [4.78, 5) is 18.0. The summed E-state index contributed by atoms with van der Waals surface area (Å²) in [6.07, 6.45) is 1.58. The highest BCUT2D eigenvalue weighted by Gasteiger charge is 1.97. The molecule has 0 radical (unpaired) electrons. The van der Waals surface area contributed by atoms with E-state index >= 15 is 0 Å². The Hall–Kier alpha value is -1.65. The van der Waals surface area contributed by atoms with Crippen LogP contribution in [0.5, 0.6) is 0 Å². The molecule has 1 aromatic heterocycles. The first-order chi connectivity index (χ1) is 5.68. The minimum absolute atomic E-state index is 0.129. The van der Waals surface area contributed by atoms with Crippen LogP contribution in [0.25, 0.3) is 0 Å². The predicted molar refractivity (Wildman–Crippen MR) is 42.9 cm³/mol. The number of rotatable bonds is 3. The Morgan fingerprint density at radius 1 is 1.75 bits per heavy atom. The van der Waals surface area contributed by atoms with Gasteiger partial charge in [-0.3, -0.25) is 4.79 Å². The standard InChI is InChI=1S/C7H9N3O2/c1-5-8-3-2-6(10-5)9-4-7(11)12/h2-3H,4H2,1H3,(H,11,12)(H,8,9,10). The molecule has 1 heterocycles. The van der Waals surface area contributed by atoms with Gasteiger partial charge in [-0.25, -0.2) is 9.97 Å². The van der Waals surface area contributed by atoms with Crippen LogP contribution >= 0.6 is 0 Å². The molecule has 12 heavy (non-hydrogen) atoms. The summed E-state index contributed by atoms with van der Waals surface area (Å²) in [5.74, 6) is 0.238. The molecular weight excluding hydrogens is 158 g/mol.